The molecule has 0 aliphatic carbocycles. The summed E-state index contributed by atoms with van der Waals surface area (Å²) in [7, 11) is -3.06. The van der Waals surface area contributed by atoms with Crippen molar-refractivity contribution in [3.8, 4) is 0 Å². The van der Waals surface area contributed by atoms with Crippen LogP contribution in [0.3, 0.4) is 0 Å². The van der Waals surface area contributed by atoms with Crippen molar-refractivity contribution in [3.63, 3.8) is 0 Å². The van der Waals surface area contributed by atoms with Crippen molar-refractivity contribution in [3.05, 3.63) is 35.9 Å². The number of aliphatic imine (C=N–C) groups is 1. The summed E-state index contributed by atoms with van der Waals surface area (Å²) in [6.07, 6.45) is 5.12. The van der Waals surface area contributed by atoms with E-state index in [4.69, 9.17) is 4.99 Å². The molecule has 0 spiro atoms. The van der Waals surface area contributed by atoms with Gasteiger partial charge in [-0.15, -0.1) is 0 Å². The predicted molar refractivity (Wildman–Crippen MR) is 112 cm³/mol. The van der Waals surface area contributed by atoms with Crippen LogP contribution >= 0.6 is 0 Å². The van der Waals surface area contributed by atoms with Gasteiger partial charge in [-0.1, -0.05) is 30.3 Å². The summed E-state index contributed by atoms with van der Waals surface area (Å²) in [5.74, 6) is 1.29. The molecule has 1 unspecified atom stereocenters. The molecule has 1 aliphatic heterocycles. The summed E-state index contributed by atoms with van der Waals surface area (Å²) in [6.45, 7) is 7.02. The molecule has 7 heteroatoms. The molecule has 1 saturated heterocycles. The van der Waals surface area contributed by atoms with Crippen LogP contribution in [0.2, 0.25) is 0 Å². The van der Waals surface area contributed by atoms with E-state index in [1.807, 2.05) is 6.07 Å². The van der Waals surface area contributed by atoms with Crippen molar-refractivity contribution < 1.29 is 8.42 Å². The first-order valence-corrected chi connectivity index (χ1v) is 11.8. The third-order valence-electron chi connectivity index (χ3n) is 4.99. The van der Waals surface area contributed by atoms with E-state index in [0.717, 1.165) is 44.7 Å². The van der Waals surface area contributed by atoms with Gasteiger partial charge in [0.2, 0.25) is 10.0 Å². The molecule has 0 saturated carbocycles. The normalized spacial score (nSPS) is 18.3. The first kappa shape index (κ1) is 21.7. The van der Waals surface area contributed by atoms with Gasteiger partial charge in [-0.3, -0.25) is 4.99 Å². The highest BCUT2D eigenvalue weighted by molar-refractivity contribution is 7.88. The number of benzene rings is 1. The Morgan fingerprint density at radius 2 is 1.93 bits per heavy atom. The van der Waals surface area contributed by atoms with Crippen LogP contribution in [-0.2, 0) is 16.4 Å². The molecule has 2 N–H and O–H groups in total. The highest BCUT2D eigenvalue weighted by Crippen LogP contribution is 2.19. The standard InChI is InChI=1S/C20H34N4O2S/c1-4-21-20(23-17(2)10-11-18-8-6-5-7-9-18)22-16-19-12-14-24(15-13-19)27(3,25)26/h5-9,17,19H,4,10-16H2,1-3H3,(H2,21,22,23). The predicted octanol–water partition coefficient (Wildman–Crippen LogP) is 2.23. The number of sulfonamides is 1. The van der Waals surface area contributed by atoms with Gasteiger partial charge in [-0.2, -0.15) is 0 Å². The van der Waals surface area contributed by atoms with Gasteiger partial charge < -0.3 is 10.6 Å². The zero-order chi connectivity index (χ0) is 19.7. The lowest BCUT2D eigenvalue weighted by atomic mass is 9.98. The maximum Gasteiger partial charge on any atom is 0.211 e. The van der Waals surface area contributed by atoms with Gasteiger partial charge in [0.1, 0.15) is 0 Å². The molecule has 27 heavy (non-hydrogen) atoms. The van der Waals surface area contributed by atoms with E-state index in [0.29, 0.717) is 25.0 Å². The van der Waals surface area contributed by atoms with Crippen molar-refractivity contribution in [1.82, 2.24) is 14.9 Å². The topological polar surface area (TPSA) is 73.8 Å². The number of hydrogen-bond acceptors (Lipinski definition) is 3. The molecular weight excluding hydrogens is 360 g/mol. The SMILES string of the molecule is CCNC(=NCC1CCN(S(C)(=O)=O)CC1)NC(C)CCc1ccccc1. The third-order valence-corrected chi connectivity index (χ3v) is 6.29. The third kappa shape index (κ3) is 7.89. The fraction of sp³-hybridized carbons (Fsp3) is 0.650. The quantitative estimate of drug-likeness (QED) is 0.524. The summed E-state index contributed by atoms with van der Waals surface area (Å²) in [5.41, 5.74) is 1.35. The summed E-state index contributed by atoms with van der Waals surface area (Å²) in [4.78, 5) is 4.75. The fourth-order valence-corrected chi connectivity index (χ4v) is 4.17. The van der Waals surface area contributed by atoms with Gasteiger partial charge in [0.15, 0.2) is 5.96 Å². The molecule has 0 bridgehead atoms. The lowest BCUT2D eigenvalue weighted by Gasteiger charge is -2.29. The molecule has 0 radical (unpaired) electrons. The van der Waals surface area contributed by atoms with Gasteiger partial charge in [-0.05, 0) is 51.0 Å². The van der Waals surface area contributed by atoms with Gasteiger partial charge >= 0.3 is 0 Å². The van der Waals surface area contributed by atoms with Crippen LogP contribution in [0.25, 0.3) is 0 Å². The number of piperidine rings is 1. The molecule has 0 amide bonds. The molecule has 1 aromatic carbocycles. The van der Waals surface area contributed by atoms with Crippen LogP contribution in [-0.4, -0.2) is 57.2 Å². The number of rotatable bonds is 8. The summed E-state index contributed by atoms with van der Waals surface area (Å²) in [6, 6.07) is 10.8. The largest absolute Gasteiger partial charge is 0.357 e. The van der Waals surface area contributed by atoms with Crippen molar-refractivity contribution in [2.75, 3.05) is 32.4 Å². The molecule has 2 rings (SSSR count). The Morgan fingerprint density at radius 1 is 1.26 bits per heavy atom. The lowest BCUT2D eigenvalue weighted by molar-refractivity contribution is 0.280. The van der Waals surface area contributed by atoms with E-state index in [1.165, 1.54) is 11.8 Å². The smallest absolute Gasteiger partial charge is 0.211 e. The lowest BCUT2D eigenvalue weighted by Crippen LogP contribution is -2.43. The number of guanidine groups is 1. The Bertz CT molecular complexity index is 683. The zero-order valence-corrected chi connectivity index (χ0v) is 17.6. The van der Waals surface area contributed by atoms with E-state index < -0.39 is 10.0 Å². The van der Waals surface area contributed by atoms with Crippen LogP contribution in [0.5, 0.6) is 0 Å². The van der Waals surface area contributed by atoms with Crippen LogP contribution in [0.15, 0.2) is 35.3 Å². The molecular formula is C20H34N4O2S. The Morgan fingerprint density at radius 3 is 2.52 bits per heavy atom. The van der Waals surface area contributed by atoms with Crippen LogP contribution in [0, 0.1) is 5.92 Å². The van der Waals surface area contributed by atoms with Crippen LogP contribution in [0.4, 0.5) is 0 Å². The Labute approximate surface area is 164 Å². The van der Waals surface area contributed by atoms with Crippen molar-refractivity contribution in [1.29, 1.82) is 0 Å². The minimum absolute atomic E-state index is 0.329. The molecule has 1 aliphatic rings. The van der Waals surface area contributed by atoms with E-state index in [-0.39, 0.29) is 0 Å². The molecule has 6 nitrogen and oxygen atoms in total. The molecule has 1 heterocycles. The van der Waals surface area contributed by atoms with Gasteiger partial charge in [0.05, 0.1) is 6.26 Å². The van der Waals surface area contributed by atoms with Crippen LogP contribution in [0.1, 0.15) is 38.7 Å². The van der Waals surface area contributed by atoms with Crippen molar-refractivity contribution in [2.45, 2.75) is 45.6 Å². The molecule has 0 aromatic heterocycles. The average Bonchev–Trinajstić information content (AvgIpc) is 2.65. The molecule has 1 aromatic rings. The van der Waals surface area contributed by atoms with Gasteiger partial charge in [0.25, 0.3) is 0 Å². The molecule has 1 atom stereocenters. The number of aryl methyl sites for hydroxylation is 1. The first-order valence-electron chi connectivity index (χ1n) is 9.92. The van der Waals surface area contributed by atoms with Gasteiger partial charge in [0, 0.05) is 32.2 Å². The highest BCUT2D eigenvalue weighted by Gasteiger charge is 2.24. The number of nitrogens with one attached hydrogen (secondary N) is 2. The maximum atomic E-state index is 11.6. The summed E-state index contributed by atoms with van der Waals surface area (Å²) in [5, 5.41) is 6.81. The monoisotopic (exact) mass is 394 g/mol. The minimum Gasteiger partial charge on any atom is -0.357 e. The number of nitrogens with zero attached hydrogens (tertiary/aromatic N) is 2. The second-order valence-electron chi connectivity index (χ2n) is 7.39. The van der Waals surface area contributed by atoms with E-state index in [1.54, 1.807) is 4.31 Å². The van der Waals surface area contributed by atoms with E-state index in [9.17, 15) is 8.42 Å². The zero-order valence-electron chi connectivity index (χ0n) is 16.8. The number of hydrogen-bond donors (Lipinski definition) is 2. The Balaban J connectivity index is 1.79. The summed E-state index contributed by atoms with van der Waals surface area (Å²) >= 11 is 0. The average molecular weight is 395 g/mol. The Hall–Kier alpha value is -1.60. The first-order chi connectivity index (χ1) is 12.9. The highest BCUT2D eigenvalue weighted by atomic mass is 32.2. The fourth-order valence-electron chi connectivity index (χ4n) is 3.30. The van der Waals surface area contributed by atoms with Gasteiger partial charge in [-0.25, -0.2) is 12.7 Å². The van der Waals surface area contributed by atoms with E-state index >= 15 is 0 Å². The van der Waals surface area contributed by atoms with Crippen molar-refractivity contribution >= 4 is 16.0 Å². The minimum atomic E-state index is -3.06. The second-order valence-corrected chi connectivity index (χ2v) is 9.38. The molecule has 1 fully saturated rings. The van der Waals surface area contributed by atoms with Crippen molar-refractivity contribution in [2.24, 2.45) is 10.9 Å². The molecule has 152 valence electrons. The van der Waals surface area contributed by atoms with Crippen LogP contribution < -0.4 is 10.6 Å². The summed E-state index contributed by atoms with van der Waals surface area (Å²) < 4.78 is 24.8. The second kappa shape index (κ2) is 10.7. The maximum absolute atomic E-state index is 11.6. The Kier molecular flexibility index (Phi) is 8.57. The van der Waals surface area contributed by atoms with E-state index in [2.05, 4.69) is 48.7 Å².